The highest BCUT2D eigenvalue weighted by Crippen LogP contribution is 2.20. The van der Waals surface area contributed by atoms with E-state index in [0.29, 0.717) is 24.7 Å². The lowest BCUT2D eigenvalue weighted by Gasteiger charge is -2.31. The Bertz CT molecular complexity index is 631. The van der Waals surface area contributed by atoms with Gasteiger partial charge in [0.05, 0.1) is 18.1 Å². The molecule has 1 saturated heterocycles. The third-order valence-electron chi connectivity index (χ3n) is 3.83. The number of aryl methyl sites for hydroxylation is 1. The first-order valence-electron chi connectivity index (χ1n) is 7.25. The molecule has 122 valence electrons. The molecule has 0 saturated carbocycles. The van der Waals surface area contributed by atoms with E-state index in [2.05, 4.69) is 5.32 Å². The molecule has 1 aromatic rings. The Kier molecular flexibility index (Phi) is 5.77. The first kappa shape index (κ1) is 17.2. The van der Waals surface area contributed by atoms with E-state index in [0.717, 1.165) is 11.3 Å². The van der Waals surface area contributed by atoms with Gasteiger partial charge < -0.3 is 15.0 Å². The van der Waals surface area contributed by atoms with Gasteiger partial charge >= 0.3 is 0 Å². The number of nitrogens with one attached hydrogen (secondary N) is 1. The number of sulfone groups is 1. The summed E-state index contributed by atoms with van der Waals surface area (Å²) in [4.78, 5) is 1.94. The van der Waals surface area contributed by atoms with Crippen molar-refractivity contribution in [1.82, 2.24) is 4.90 Å². The first-order valence-corrected chi connectivity index (χ1v) is 9.48. The molecule has 2 rings (SSSR count). The summed E-state index contributed by atoms with van der Waals surface area (Å²) in [6.07, 6.45) is 0.613. The Hall–Kier alpha value is -1.18. The molecule has 1 aliphatic rings. The van der Waals surface area contributed by atoms with Crippen molar-refractivity contribution in [2.45, 2.75) is 19.4 Å². The number of hydrogen-bond acceptors (Lipinski definition) is 4. The smallest absolute Gasteiger partial charge is 0.173 e. The van der Waals surface area contributed by atoms with Gasteiger partial charge in [0.25, 0.3) is 0 Å². The molecule has 0 spiro atoms. The molecule has 1 N–H and O–H groups in total. The van der Waals surface area contributed by atoms with Crippen LogP contribution in [0, 0.1) is 6.92 Å². The van der Waals surface area contributed by atoms with E-state index >= 15 is 0 Å². The Balaban J connectivity index is 2.11. The highest BCUT2D eigenvalue weighted by atomic mass is 32.2. The van der Waals surface area contributed by atoms with Gasteiger partial charge in [0, 0.05) is 25.4 Å². The number of para-hydroxylation sites is 1. The maximum absolute atomic E-state index is 11.7. The van der Waals surface area contributed by atoms with Gasteiger partial charge in [-0.15, -0.1) is 0 Å². The lowest BCUT2D eigenvalue weighted by atomic mass is 10.2. The van der Waals surface area contributed by atoms with E-state index in [1.165, 1.54) is 0 Å². The molecular formula is C15H22N2O3S2. The minimum Gasteiger partial charge on any atom is -0.383 e. The summed E-state index contributed by atoms with van der Waals surface area (Å²) >= 11 is 5.51. The minimum atomic E-state index is -2.95. The van der Waals surface area contributed by atoms with Crippen LogP contribution in [0.15, 0.2) is 24.3 Å². The van der Waals surface area contributed by atoms with E-state index in [4.69, 9.17) is 17.0 Å². The Morgan fingerprint density at radius 2 is 2.18 bits per heavy atom. The SMILES string of the molecule is COCCN(C(=S)Nc1ccccc1C)[C@H]1CCS(=O)(=O)C1. The fourth-order valence-corrected chi connectivity index (χ4v) is 4.64. The summed E-state index contributed by atoms with van der Waals surface area (Å²) in [7, 11) is -1.32. The molecule has 1 aromatic carbocycles. The molecule has 1 atom stereocenters. The zero-order valence-electron chi connectivity index (χ0n) is 12.9. The van der Waals surface area contributed by atoms with Crippen LogP contribution in [0.3, 0.4) is 0 Å². The van der Waals surface area contributed by atoms with Crippen LogP contribution in [0.5, 0.6) is 0 Å². The van der Waals surface area contributed by atoms with Gasteiger partial charge in [0.1, 0.15) is 0 Å². The molecule has 0 radical (unpaired) electrons. The van der Waals surface area contributed by atoms with Crippen molar-refractivity contribution in [3.63, 3.8) is 0 Å². The number of nitrogens with zero attached hydrogens (tertiary/aromatic N) is 1. The predicted molar refractivity (Wildman–Crippen MR) is 93.0 cm³/mol. The van der Waals surface area contributed by atoms with Crippen LogP contribution in [0.1, 0.15) is 12.0 Å². The van der Waals surface area contributed by atoms with Crippen molar-refractivity contribution < 1.29 is 13.2 Å². The summed E-state index contributed by atoms with van der Waals surface area (Å²) in [5, 5.41) is 3.78. The van der Waals surface area contributed by atoms with Gasteiger partial charge in [-0.25, -0.2) is 8.42 Å². The van der Waals surface area contributed by atoms with Crippen molar-refractivity contribution in [1.29, 1.82) is 0 Å². The maximum Gasteiger partial charge on any atom is 0.173 e. The number of anilines is 1. The summed E-state index contributed by atoms with van der Waals surface area (Å²) < 4.78 is 28.6. The molecule has 7 heteroatoms. The minimum absolute atomic E-state index is 0.0795. The number of methoxy groups -OCH3 is 1. The van der Waals surface area contributed by atoms with Crippen molar-refractivity contribution in [2.75, 3.05) is 37.1 Å². The quantitative estimate of drug-likeness (QED) is 0.824. The van der Waals surface area contributed by atoms with E-state index < -0.39 is 9.84 Å². The third-order valence-corrected chi connectivity index (χ3v) is 5.92. The van der Waals surface area contributed by atoms with E-state index in [9.17, 15) is 8.42 Å². The first-order chi connectivity index (χ1) is 10.4. The molecule has 0 aromatic heterocycles. The molecule has 1 fully saturated rings. The Morgan fingerprint density at radius 1 is 1.45 bits per heavy atom. The highest BCUT2D eigenvalue weighted by molar-refractivity contribution is 7.91. The second-order valence-electron chi connectivity index (χ2n) is 5.49. The normalized spacial score (nSPS) is 19.8. The summed E-state index contributed by atoms with van der Waals surface area (Å²) in [6.45, 7) is 3.09. The van der Waals surface area contributed by atoms with Crippen LogP contribution in [-0.2, 0) is 14.6 Å². The van der Waals surface area contributed by atoms with Gasteiger partial charge in [-0.05, 0) is 37.2 Å². The monoisotopic (exact) mass is 342 g/mol. The summed E-state index contributed by atoms with van der Waals surface area (Å²) in [5.74, 6) is 0.389. The van der Waals surface area contributed by atoms with Crippen molar-refractivity contribution in [2.24, 2.45) is 0 Å². The van der Waals surface area contributed by atoms with Crippen molar-refractivity contribution >= 4 is 32.9 Å². The molecular weight excluding hydrogens is 320 g/mol. The lowest BCUT2D eigenvalue weighted by Crippen LogP contribution is -2.45. The van der Waals surface area contributed by atoms with Gasteiger partial charge in [-0.2, -0.15) is 0 Å². The highest BCUT2D eigenvalue weighted by Gasteiger charge is 2.33. The van der Waals surface area contributed by atoms with Gasteiger partial charge in [0.2, 0.25) is 0 Å². The van der Waals surface area contributed by atoms with Crippen LogP contribution < -0.4 is 5.32 Å². The number of hydrogen-bond donors (Lipinski definition) is 1. The standard InChI is InChI=1S/C15H22N2O3S2/c1-12-5-3-4-6-14(12)16-15(21)17(8-9-20-2)13-7-10-22(18,19)11-13/h3-6,13H,7-11H2,1-2H3,(H,16,21)/t13-/m0/s1. The molecule has 1 aliphatic heterocycles. The molecule has 22 heavy (non-hydrogen) atoms. The fraction of sp³-hybridized carbons (Fsp3) is 0.533. The number of ether oxygens (including phenoxy) is 1. The average molecular weight is 342 g/mol. The van der Waals surface area contributed by atoms with Crippen LogP contribution in [0.4, 0.5) is 5.69 Å². The van der Waals surface area contributed by atoms with Crippen LogP contribution in [0.2, 0.25) is 0 Å². The second-order valence-corrected chi connectivity index (χ2v) is 8.10. The Labute approximate surface area is 137 Å². The number of benzene rings is 1. The maximum atomic E-state index is 11.7. The van der Waals surface area contributed by atoms with Gasteiger partial charge in [-0.3, -0.25) is 0 Å². The molecule has 0 aliphatic carbocycles. The summed E-state index contributed by atoms with van der Waals surface area (Å²) in [5.41, 5.74) is 2.03. The number of rotatable bonds is 5. The zero-order valence-corrected chi connectivity index (χ0v) is 14.5. The zero-order chi connectivity index (χ0) is 16.2. The van der Waals surface area contributed by atoms with E-state index in [-0.39, 0.29) is 17.5 Å². The van der Waals surface area contributed by atoms with Crippen molar-refractivity contribution in [3.8, 4) is 0 Å². The average Bonchev–Trinajstić information content (AvgIpc) is 2.82. The lowest BCUT2D eigenvalue weighted by molar-refractivity contribution is 0.166. The van der Waals surface area contributed by atoms with Gasteiger partial charge in [0.15, 0.2) is 14.9 Å². The molecule has 0 unspecified atom stereocenters. The molecule has 1 heterocycles. The topological polar surface area (TPSA) is 58.6 Å². The summed E-state index contributed by atoms with van der Waals surface area (Å²) in [6, 6.07) is 7.79. The van der Waals surface area contributed by atoms with Crippen LogP contribution in [0.25, 0.3) is 0 Å². The van der Waals surface area contributed by atoms with Crippen LogP contribution in [-0.4, -0.2) is 56.2 Å². The largest absolute Gasteiger partial charge is 0.383 e. The van der Waals surface area contributed by atoms with Crippen LogP contribution >= 0.6 is 12.2 Å². The van der Waals surface area contributed by atoms with Crippen molar-refractivity contribution in [3.05, 3.63) is 29.8 Å². The van der Waals surface area contributed by atoms with E-state index in [1.54, 1.807) is 7.11 Å². The third kappa shape index (κ3) is 4.41. The Morgan fingerprint density at radius 3 is 2.77 bits per heavy atom. The second kappa shape index (κ2) is 7.39. The number of thiocarbonyl (C=S) groups is 1. The predicted octanol–water partition coefficient (Wildman–Crippen LogP) is 1.83. The molecule has 0 bridgehead atoms. The molecule has 0 amide bonds. The molecule has 5 nitrogen and oxygen atoms in total. The van der Waals surface area contributed by atoms with E-state index in [1.807, 2.05) is 36.1 Å². The van der Waals surface area contributed by atoms with Gasteiger partial charge in [-0.1, -0.05) is 18.2 Å². The fourth-order valence-electron chi connectivity index (χ4n) is 2.56.